The number of ether oxygens (including phenoxy) is 1. The number of aromatic nitrogens is 5. The molecule has 4 rings (SSSR count). The molecule has 1 saturated carbocycles. The van der Waals surface area contributed by atoms with Gasteiger partial charge in [-0.3, -0.25) is 14.2 Å². The van der Waals surface area contributed by atoms with Crippen LogP contribution in [-0.4, -0.2) is 24.5 Å². The Balaban J connectivity index is 1.84. The van der Waals surface area contributed by atoms with E-state index in [1.54, 1.807) is 16.7 Å². The van der Waals surface area contributed by atoms with E-state index in [0.29, 0.717) is 23.6 Å². The molecule has 26 heavy (non-hydrogen) atoms. The number of rotatable bonds is 5. The van der Waals surface area contributed by atoms with E-state index in [1.165, 1.54) is 19.0 Å². The van der Waals surface area contributed by atoms with Gasteiger partial charge in [-0.25, -0.2) is 4.98 Å². The van der Waals surface area contributed by atoms with Crippen LogP contribution >= 0.6 is 0 Å². The van der Waals surface area contributed by atoms with Crippen molar-refractivity contribution in [1.82, 2.24) is 24.5 Å². The highest BCUT2D eigenvalue weighted by molar-refractivity contribution is 5.70. The first kappa shape index (κ1) is 16.6. The van der Waals surface area contributed by atoms with Gasteiger partial charge in [0.2, 0.25) is 0 Å². The summed E-state index contributed by atoms with van der Waals surface area (Å²) in [6, 6.07) is 3.29. The van der Waals surface area contributed by atoms with Gasteiger partial charge in [0.1, 0.15) is 5.82 Å². The molecule has 0 bridgehead atoms. The van der Waals surface area contributed by atoms with Crippen molar-refractivity contribution in [2.45, 2.75) is 51.5 Å². The maximum absolute atomic E-state index is 12.5. The van der Waals surface area contributed by atoms with Crippen molar-refractivity contribution in [3.05, 3.63) is 44.9 Å². The number of hydrogen-bond donors (Lipinski definition) is 2. The molecule has 0 atom stereocenters. The summed E-state index contributed by atoms with van der Waals surface area (Å²) in [4.78, 5) is 38.9. The van der Waals surface area contributed by atoms with Crippen LogP contribution in [0.2, 0.25) is 0 Å². The predicted molar refractivity (Wildman–Crippen MR) is 96.8 cm³/mol. The molecule has 0 unspecified atom stereocenters. The van der Waals surface area contributed by atoms with Gasteiger partial charge >= 0.3 is 11.6 Å². The van der Waals surface area contributed by atoms with Crippen molar-refractivity contribution in [2.75, 3.05) is 0 Å². The Kier molecular flexibility index (Phi) is 4.32. The molecule has 8 nitrogen and oxygen atoms in total. The van der Waals surface area contributed by atoms with Crippen LogP contribution in [0.1, 0.15) is 50.8 Å². The Morgan fingerprint density at radius 2 is 2.08 bits per heavy atom. The molecule has 3 aromatic rings. The van der Waals surface area contributed by atoms with Gasteiger partial charge in [-0.05, 0) is 31.4 Å². The highest BCUT2D eigenvalue weighted by Gasteiger charge is 2.23. The first-order valence-electron chi connectivity index (χ1n) is 9.03. The third kappa shape index (κ3) is 2.91. The van der Waals surface area contributed by atoms with Gasteiger partial charge in [0.15, 0.2) is 16.9 Å². The van der Waals surface area contributed by atoms with Gasteiger partial charge in [0, 0.05) is 18.7 Å². The van der Waals surface area contributed by atoms with Crippen molar-refractivity contribution >= 4 is 11.2 Å². The molecule has 1 aliphatic carbocycles. The highest BCUT2D eigenvalue weighted by atomic mass is 16.5. The van der Waals surface area contributed by atoms with E-state index in [-0.39, 0.29) is 17.3 Å². The number of fused-ring (bicyclic) bond motifs is 1. The lowest BCUT2D eigenvalue weighted by Crippen LogP contribution is -2.18. The summed E-state index contributed by atoms with van der Waals surface area (Å²) in [6.07, 6.45) is 6.86. The Hall–Kier alpha value is -2.90. The van der Waals surface area contributed by atoms with Gasteiger partial charge in [-0.2, -0.15) is 4.98 Å². The van der Waals surface area contributed by atoms with Gasteiger partial charge < -0.3 is 14.7 Å². The average Bonchev–Trinajstić information content (AvgIpc) is 3.30. The quantitative estimate of drug-likeness (QED) is 0.732. The zero-order valence-electron chi connectivity index (χ0n) is 14.6. The molecule has 0 radical (unpaired) electrons. The Labute approximate surface area is 149 Å². The third-order valence-corrected chi connectivity index (χ3v) is 4.77. The summed E-state index contributed by atoms with van der Waals surface area (Å²) < 4.78 is 7.43. The Morgan fingerprint density at radius 1 is 1.27 bits per heavy atom. The predicted octanol–water partition coefficient (Wildman–Crippen LogP) is 2.67. The molecular formula is C18H21N5O3. The summed E-state index contributed by atoms with van der Waals surface area (Å²) in [7, 11) is 0. The number of H-pyrrole nitrogens is 2. The van der Waals surface area contributed by atoms with E-state index < -0.39 is 5.56 Å². The average molecular weight is 355 g/mol. The van der Waals surface area contributed by atoms with Gasteiger partial charge in [0.05, 0.1) is 0 Å². The molecule has 1 aliphatic rings. The van der Waals surface area contributed by atoms with E-state index in [2.05, 4.69) is 15.0 Å². The number of aryl methyl sites for hydroxylation is 1. The first-order valence-corrected chi connectivity index (χ1v) is 9.03. The summed E-state index contributed by atoms with van der Waals surface area (Å²) in [6.45, 7) is 2.60. The van der Waals surface area contributed by atoms with Crippen molar-refractivity contribution < 1.29 is 4.74 Å². The van der Waals surface area contributed by atoms with E-state index in [9.17, 15) is 9.59 Å². The van der Waals surface area contributed by atoms with Crippen molar-refractivity contribution in [3.8, 4) is 11.8 Å². The summed E-state index contributed by atoms with van der Waals surface area (Å²) in [5.74, 6) is 1.30. The number of pyridine rings is 1. The molecule has 1 fully saturated rings. The standard InChI is InChI=1S/C18H21N5O3/c1-2-10-23-15-13(20-14(21-15)11-6-3-4-7-11)17(25)22-18(23)26-12-8-5-9-19-16(12)24/h5,8-9,11H,2-4,6-7,10H2,1H3,(H,19,24)(H,20,21). The third-order valence-electron chi connectivity index (χ3n) is 4.77. The van der Waals surface area contributed by atoms with Crippen LogP contribution in [0, 0.1) is 0 Å². The smallest absolute Gasteiger partial charge is 0.307 e. The van der Waals surface area contributed by atoms with Crippen LogP contribution in [0.5, 0.6) is 11.8 Å². The summed E-state index contributed by atoms with van der Waals surface area (Å²) >= 11 is 0. The lowest BCUT2D eigenvalue weighted by atomic mass is 10.1. The fraction of sp³-hybridized carbons (Fsp3) is 0.444. The van der Waals surface area contributed by atoms with E-state index in [1.807, 2.05) is 6.92 Å². The van der Waals surface area contributed by atoms with Crippen LogP contribution < -0.4 is 15.9 Å². The first-order chi connectivity index (χ1) is 12.7. The second-order valence-corrected chi connectivity index (χ2v) is 6.62. The number of hydrogen-bond acceptors (Lipinski definition) is 5. The monoisotopic (exact) mass is 355 g/mol. The fourth-order valence-corrected chi connectivity index (χ4v) is 3.50. The minimum atomic E-state index is -0.425. The number of nitrogens with one attached hydrogen (secondary N) is 2. The van der Waals surface area contributed by atoms with Gasteiger partial charge in [-0.1, -0.05) is 19.8 Å². The lowest BCUT2D eigenvalue weighted by Gasteiger charge is -2.12. The molecular weight excluding hydrogens is 334 g/mol. The maximum Gasteiger partial charge on any atom is 0.307 e. The van der Waals surface area contributed by atoms with Gasteiger partial charge in [-0.15, -0.1) is 0 Å². The second kappa shape index (κ2) is 6.78. The second-order valence-electron chi connectivity index (χ2n) is 6.62. The summed E-state index contributed by atoms with van der Waals surface area (Å²) in [5, 5.41) is 0. The van der Waals surface area contributed by atoms with E-state index in [0.717, 1.165) is 25.1 Å². The SMILES string of the molecule is CCCn1c(Oc2ccc[nH]c2=O)nc(=O)c2[nH]c(C3CCCC3)nc21. The van der Waals surface area contributed by atoms with Crippen molar-refractivity contribution in [2.24, 2.45) is 0 Å². The topological polar surface area (TPSA) is 106 Å². The summed E-state index contributed by atoms with van der Waals surface area (Å²) in [5.41, 5.74) is 0.135. The van der Waals surface area contributed by atoms with Crippen LogP contribution in [0.25, 0.3) is 11.2 Å². The Bertz CT molecular complexity index is 1040. The van der Waals surface area contributed by atoms with Crippen LogP contribution in [0.4, 0.5) is 0 Å². The van der Waals surface area contributed by atoms with E-state index in [4.69, 9.17) is 9.72 Å². The normalized spacial score (nSPS) is 15.0. The fourth-order valence-electron chi connectivity index (χ4n) is 3.50. The molecule has 136 valence electrons. The zero-order chi connectivity index (χ0) is 18.1. The molecule has 3 heterocycles. The molecule has 0 aliphatic heterocycles. The van der Waals surface area contributed by atoms with Crippen molar-refractivity contribution in [3.63, 3.8) is 0 Å². The van der Waals surface area contributed by atoms with E-state index >= 15 is 0 Å². The van der Waals surface area contributed by atoms with Crippen LogP contribution in [-0.2, 0) is 6.54 Å². The molecule has 0 amide bonds. The number of imidazole rings is 1. The minimum absolute atomic E-state index is 0.0884. The highest BCUT2D eigenvalue weighted by Crippen LogP contribution is 2.33. The molecule has 0 aromatic carbocycles. The molecule has 0 saturated heterocycles. The lowest BCUT2D eigenvalue weighted by molar-refractivity contribution is 0.399. The number of nitrogens with zero attached hydrogens (tertiary/aromatic N) is 3. The van der Waals surface area contributed by atoms with Crippen LogP contribution in [0.3, 0.4) is 0 Å². The largest absolute Gasteiger partial charge is 0.419 e. The molecule has 3 aromatic heterocycles. The molecule has 8 heteroatoms. The Morgan fingerprint density at radius 3 is 2.81 bits per heavy atom. The maximum atomic E-state index is 12.5. The minimum Gasteiger partial charge on any atom is -0.419 e. The molecule has 2 N–H and O–H groups in total. The zero-order valence-corrected chi connectivity index (χ0v) is 14.6. The van der Waals surface area contributed by atoms with Crippen molar-refractivity contribution in [1.29, 1.82) is 0 Å². The van der Waals surface area contributed by atoms with Gasteiger partial charge in [0.25, 0.3) is 5.56 Å². The van der Waals surface area contributed by atoms with Crippen LogP contribution in [0.15, 0.2) is 27.9 Å². The molecule has 0 spiro atoms. The number of aromatic amines is 2.